The van der Waals surface area contributed by atoms with Gasteiger partial charge in [0.15, 0.2) is 5.82 Å². The standard InChI is InChI=1S/C44H32N2.C38H28N2.C37H27N3/c1-44(2)37-21-13-12-20-34(37)35-23-25-41-42(43(35)44)36-26-31(22-24-40(36)46(41)33-18-10-5-11-19-33)39-28-32(29-14-6-3-7-15-29)27-38(45-39)30-16-8-4-9-17-30;1-38(2)31-17-10-9-16-28(31)29-22-23-34-36(37(29)38)30-21-20-26(24-35(30)40(34)27-14-7-4-8-15-27)33-19-11-18-32(39-33)25-12-5-3-6-13-25;1-37(2)31-18-7-6-15-27(31)28-19-20-32-33(34(28)37)29-16-9-17-30(36-38-21-10-22-39-36)35(29)40(32)26-14-8-13-25(23-26)24-11-4-3-5-12-24/h3-28H,1-2H3;3-24H,1-2H3;3-23H,1-2H3. The highest BCUT2D eigenvalue weighted by atomic mass is 15.0. The van der Waals surface area contributed by atoms with Crippen LogP contribution in [0, 0.1) is 0 Å². The van der Waals surface area contributed by atoms with Crippen LogP contribution in [-0.4, -0.2) is 33.6 Å². The third-order valence-corrected chi connectivity index (χ3v) is 26.8. The number of para-hydroxylation sites is 3. The molecule has 0 amide bonds. The van der Waals surface area contributed by atoms with Gasteiger partial charge in [0, 0.05) is 106 Å². The number of pyridine rings is 2. The minimum absolute atomic E-state index is 0.0918. The summed E-state index contributed by atoms with van der Waals surface area (Å²) in [6.07, 6.45) is 3.64. The zero-order valence-corrected chi connectivity index (χ0v) is 71.0. The molecule has 6 aromatic heterocycles. The first-order chi connectivity index (χ1) is 61.8. The van der Waals surface area contributed by atoms with Crippen LogP contribution in [0.1, 0.15) is 74.9 Å². The molecule has 0 atom stereocenters. The fourth-order valence-electron chi connectivity index (χ4n) is 21.2. The second-order valence-electron chi connectivity index (χ2n) is 35.1. The molecule has 0 saturated carbocycles. The van der Waals surface area contributed by atoms with Crippen molar-refractivity contribution in [1.82, 2.24) is 33.6 Å². The van der Waals surface area contributed by atoms with E-state index in [1.165, 1.54) is 155 Å². The SMILES string of the molecule is CC1(C)c2ccccc2-c2ccc3c(c21)c1cc(-c2cc(-c4ccccc4)cc(-c4ccccc4)n2)ccc1n3-c1ccccc1.CC1(C)c2ccccc2-c2ccc3c(c21)c1ccc(-c2cccc(-c4ccccc4)n2)cc1n3-c1ccccc1.CC1(C)c2ccccc2-c2ccc3c(c21)c1cccc(-c2ncccn2)c1n3-c1cccc(-c2ccccc2)c1. The topological polar surface area (TPSA) is 66.3 Å². The summed E-state index contributed by atoms with van der Waals surface area (Å²) < 4.78 is 7.27. The Morgan fingerprint density at radius 1 is 0.206 bits per heavy atom. The van der Waals surface area contributed by atoms with Gasteiger partial charge in [0.1, 0.15) is 0 Å². The predicted molar refractivity (Wildman–Crippen MR) is 524 cm³/mol. The second-order valence-corrected chi connectivity index (χ2v) is 35.1. The maximum atomic E-state index is 5.28. The van der Waals surface area contributed by atoms with Gasteiger partial charge in [0.2, 0.25) is 0 Å². The lowest BCUT2D eigenvalue weighted by atomic mass is 9.80. The molecular weight excluding hydrogens is 1530 g/mol. The van der Waals surface area contributed by atoms with E-state index in [1.807, 2.05) is 24.5 Å². The Morgan fingerprint density at radius 3 is 1.12 bits per heavy atom. The van der Waals surface area contributed by atoms with Gasteiger partial charge in [-0.05, 0) is 198 Å². The van der Waals surface area contributed by atoms with Crippen molar-refractivity contribution in [2.24, 2.45) is 0 Å². The van der Waals surface area contributed by atoms with E-state index in [9.17, 15) is 0 Å². The lowest BCUT2D eigenvalue weighted by Gasteiger charge is -2.22. The average molecular weight is 1620 g/mol. The van der Waals surface area contributed by atoms with Crippen molar-refractivity contribution in [1.29, 1.82) is 0 Å². The molecule has 0 N–H and O–H groups in total. The molecule has 7 heteroatoms. The van der Waals surface area contributed by atoms with Gasteiger partial charge in [-0.2, -0.15) is 0 Å². The van der Waals surface area contributed by atoms with E-state index < -0.39 is 0 Å². The monoisotopic (exact) mass is 1610 g/mol. The van der Waals surface area contributed by atoms with Crippen molar-refractivity contribution in [2.75, 3.05) is 0 Å². The van der Waals surface area contributed by atoms with Crippen LogP contribution in [0.3, 0.4) is 0 Å². The summed E-state index contributed by atoms with van der Waals surface area (Å²) in [7, 11) is 0. The summed E-state index contributed by atoms with van der Waals surface area (Å²) in [6, 6.07) is 146. The molecule has 6 heterocycles. The van der Waals surface area contributed by atoms with E-state index in [2.05, 4.69) is 460 Å². The first-order valence-corrected chi connectivity index (χ1v) is 43.7. The largest absolute Gasteiger partial charge is 0.309 e. The van der Waals surface area contributed by atoms with Crippen LogP contribution in [0.25, 0.3) is 195 Å². The van der Waals surface area contributed by atoms with Crippen LogP contribution >= 0.6 is 0 Å². The summed E-state index contributed by atoms with van der Waals surface area (Å²) in [5.74, 6) is 0.732. The van der Waals surface area contributed by atoms with Crippen LogP contribution in [0.4, 0.5) is 0 Å². The van der Waals surface area contributed by atoms with Crippen LogP contribution < -0.4 is 0 Å². The molecule has 3 aliphatic rings. The van der Waals surface area contributed by atoms with Crippen molar-refractivity contribution in [3.05, 3.63) is 452 Å². The van der Waals surface area contributed by atoms with E-state index in [0.29, 0.717) is 0 Å². The minimum Gasteiger partial charge on any atom is -0.309 e. The van der Waals surface area contributed by atoms with Crippen molar-refractivity contribution < 1.29 is 0 Å². The molecule has 7 nitrogen and oxygen atoms in total. The Bertz CT molecular complexity index is 8000. The van der Waals surface area contributed by atoms with Gasteiger partial charge in [-0.25, -0.2) is 19.9 Å². The lowest BCUT2D eigenvalue weighted by Crippen LogP contribution is -2.15. The number of hydrogen-bond donors (Lipinski definition) is 0. The van der Waals surface area contributed by atoms with Gasteiger partial charge in [-0.15, -0.1) is 0 Å². The predicted octanol–water partition coefficient (Wildman–Crippen LogP) is 30.5. The first-order valence-electron chi connectivity index (χ1n) is 43.7. The quantitative estimate of drug-likeness (QED) is 0.137. The van der Waals surface area contributed by atoms with E-state index in [1.54, 1.807) is 0 Å². The highest BCUT2D eigenvalue weighted by Crippen LogP contribution is 2.58. The van der Waals surface area contributed by atoms with E-state index in [4.69, 9.17) is 9.97 Å². The van der Waals surface area contributed by atoms with Gasteiger partial charge in [0.05, 0.1) is 55.9 Å². The minimum atomic E-state index is -0.136. The fraction of sp³-hybridized carbons (Fsp3) is 0.0756. The fourth-order valence-corrected chi connectivity index (χ4v) is 21.2. The zero-order valence-electron chi connectivity index (χ0n) is 71.0. The number of fused-ring (bicyclic) bond motifs is 21. The summed E-state index contributed by atoms with van der Waals surface area (Å²) in [5.41, 5.74) is 40.8. The molecule has 25 rings (SSSR count). The average Bonchev–Trinajstić information content (AvgIpc) is 1.76. The Hall–Kier alpha value is -15.7. The zero-order chi connectivity index (χ0) is 84.5. The second kappa shape index (κ2) is 29.8. The highest BCUT2D eigenvalue weighted by molar-refractivity contribution is 6.19. The lowest BCUT2D eigenvalue weighted by molar-refractivity contribution is 0.666. The molecular formula is C119H87N7. The van der Waals surface area contributed by atoms with Gasteiger partial charge < -0.3 is 13.7 Å². The number of aromatic nitrogens is 7. The third kappa shape index (κ3) is 12.2. The van der Waals surface area contributed by atoms with Crippen molar-refractivity contribution >= 4 is 65.4 Å². The summed E-state index contributed by atoms with van der Waals surface area (Å²) in [5, 5.41) is 7.72. The van der Waals surface area contributed by atoms with Crippen LogP contribution in [0.15, 0.2) is 419 Å². The molecule has 3 aliphatic carbocycles. The Labute approximate surface area is 733 Å². The number of nitrogens with zero attached hydrogens (tertiary/aromatic N) is 7. The van der Waals surface area contributed by atoms with Crippen molar-refractivity contribution in [2.45, 2.75) is 57.8 Å². The molecule has 0 bridgehead atoms. The van der Waals surface area contributed by atoms with Gasteiger partial charge in [-0.3, -0.25) is 0 Å². The molecule has 22 aromatic rings. The van der Waals surface area contributed by atoms with Crippen molar-refractivity contribution in [3.8, 4) is 129 Å². The maximum absolute atomic E-state index is 5.28. The Balaban J connectivity index is 0.000000109. The van der Waals surface area contributed by atoms with Crippen LogP contribution in [0.5, 0.6) is 0 Å². The molecule has 0 unspecified atom stereocenters. The normalized spacial score (nSPS) is 13.3. The van der Waals surface area contributed by atoms with E-state index >= 15 is 0 Å². The van der Waals surface area contributed by atoms with Gasteiger partial charge in [-0.1, -0.05) is 339 Å². The molecule has 126 heavy (non-hydrogen) atoms. The van der Waals surface area contributed by atoms with E-state index in [0.717, 1.165) is 73.2 Å². The third-order valence-electron chi connectivity index (χ3n) is 26.8. The summed E-state index contributed by atoms with van der Waals surface area (Å²) in [4.78, 5) is 19.7. The molecule has 0 radical (unpaired) electrons. The smallest absolute Gasteiger partial charge is 0.161 e. The summed E-state index contributed by atoms with van der Waals surface area (Å²) in [6.45, 7) is 14.2. The van der Waals surface area contributed by atoms with Crippen molar-refractivity contribution in [3.63, 3.8) is 0 Å². The van der Waals surface area contributed by atoms with Gasteiger partial charge in [0.25, 0.3) is 0 Å². The Morgan fingerprint density at radius 2 is 0.579 bits per heavy atom. The molecule has 0 saturated heterocycles. The maximum Gasteiger partial charge on any atom is 0.161 e. The van der Waals surface area contributed by atoms with E-state index in [-0.39, 0.29) is 16.2 Å². The summed E-state index contributed by atoms with van der Waals surface area (Å²) >= 11 is 0. The molecule has 16 aromatic carbocycles. The molecule has 0 aliphatic heterocycles. The molecule has 598 valence electrons. The highest BCUT2D eigenvalue weighted by Gasteiger charge is 2.42. The Kier molecular flexibility index (Phi) is 17.8. The molecule has 0 fully saturated rings. The number of rotatable bonds is 10. The molecule has 0 spiro atoms. The number of hydrogen-bond acceptors (Lipinski definition) is 4. The van der Waals surface area contributed by atoms with Gasteiger partial charge >= 0.3 is 0 Å². The first kappa shape index (κ1) is 75.3. The number of benzene rings is 16. The van der Waals surface area contributed by atoms with Crippen LogP contribution in [0.2, 0.25) is 0 Å². The van der Waals surface area contributed by atoms with Crippen LogP contribution in [-0.2, 0) is 16.2 Å².